The summed E-state index contributed by atoms with van der Waals surface area (Å²) in [5.74, 6) is -1.57. The number of oxazole rings is 2. The molecular weight excluding hydrogens is 819 g/mol. The summed E-state index contributed by atoms with van der Waals surface area (Å²) < 4.78 is 33.4. The van der Waals surface area contributed by atoms with E-state index in [1.54, 1.807) is 69.8 Å². The molecule has 8 rings (SSSR count). The van der Waals surface area contributed by atoms with E-state index in [1.165, 1.54) is 29.2 Å². The highest BCUT2D eigenvalue weighted by atomic mass is 16.6. The van der Waals surface area contributed by atoms with Crippen LogP contribution in [0.5, 0.6) is 11.5 Å². The fourth-order valence-corrected chi connectivity index (χ4v) is 7.58. The van der Waals surface area contributed by atoms with E-state index in [0.29, 0.717) is 34.2 Å². The van der Waals surface area contributed by atoms with Crippen molar-refractivity contribution in [1.29, 1.82) is 0 Å². The van der Waals surface area contributed by atoms with Crippen LogP contribution in [0, 0.1) is 33.1 Å². The average Bonchev–Trinajstić information content (AvgIpc) is 3.92. The minimum Gasteiger partial charge on any atom is -0.490 e. The van der Waals surface area contributed by atoms with Crippen LogP contribution in [-0.4, -0.2) is 95.6 Å². The molecule has 1 saturated heterocycles. The summed E-state index contributed by atoms with van der Waals surface area (Å²) in [4.78, 5) is 85.2. The van der Waals surface area contributed by atoms with Gasteiger partial charge in [-0.15, -0.1) is 0 Å². The van der Waals surface area contributed by atoms with Gasteiger partial charge in [0.25, 0.3) is 11.8 Å². The highest BCUT2D eigenvalue weighted by Crippen LogP contribution is 2.39. The molecule has 2 aliphatic rings. The Morgan fingerprint density at radius 3 is 1.48 bits per heavy atom. The number of aryl methyl sites for hydroxylation is 4. The second kappa shape index (κ2) is 15.6. The number of hydrogen-bond acceptors (Lipinski definition) is 14. The van der Waals surface area contributed by atoms with Crippen molar-refractivity contribution in [2.24, 2.45) is 16.9 Å². The first-order valence-electron chi connectivity index (χ1n) is 19.9. The van der Waals surface area contributed by atoms with Gasteiger partial charge >= 0.3 is 6.09 Å². The zero-order valence-electron chi connectivity index (χ0n) is 35.6. The van der Waals surface area contributed by atoms with Crippen LogP contribution < -0.4 is 31.6 Å². The molecule has 2 aromatic carbocycles. The van der Waals surface area contributed by atoms with Gasteiger partial charge in [0.05, 0.1) is 27.8 Å². The number of benzene rings is 2. The molecule has 21 heteroatoms. The van der Waals surface area contributed by atoms with E-state index in [2.05, 4.69) is 20.6 Å². The van der Waals surface area contributed by atoms with E-state index in [-0.39, 0.29) is 96.5 Å². The quantitative estimate of drug-likeness (QED) is 0.167. The van der Waals surface area contributed by atoms with Crippen LogP contribution in [0.25, 0.3) is 22.1 Å². The number of rotatable bonds is 6. The summed E-state index contributed by atoms with van der Waals surface area (Å²) >= 11 is 0. The summed E-state index contributed by atoms with van der Waals surface area (Å²) in [5, 5.41) is 5.65. The second-order valence-corrected chi connectivity index (χ2v) is 16.6. The van der Waals surface area contributed by atoms with Crippen molar-refractivity contribution in [3.8, 4) is 11.5 Å². The molecule has 1 spiro atoms. The lowest BCUT2D eigenvalue weighted by atomic mass is 9.81. The molecule has 1 fully saturated rings. The van der Waals surface area contributed by atoms with Gasteiger partial charge in [-0.3, -0.25) is 29.8 Å². The molecule has 0 radical (unpaired) electrons. The lowest BCUT2D eigenvalue weighted by molar-refractivity contribution is -0.0692. The number of nitrogens with two attached hydrogens (primary N) is 2. The van der Waals surface area contributed by atoms with Crippen LogP contribution >= 0.6 is 0 Å². The number of anilines is 2. The van der Waals surface area contributed by atoms with Gasteiger partial charge in [-0.1, -0.05) is 12.2 Å². The highest BCUT2D eigenvalue weighted by Gasteiger charge is 2.48. The normalized spacial score (nSPS) is 15.4. The number of aromatic nitrogens is 6. The zero-order valence-corrected chi connectivity index (χ0v) is 35.6. The van der Waals surface area contributed by atoms with E-state index in [9.17, 15) is 24.0 Å². The molecule has 6 aromatic rings. The largest absolute Gasteiger partial charge is 0.490 e. The lowest BCUT2D eigenvalue weighted by Crippen LogP contribution is -2.64. The van der Waals surface area contributed by atoms with Crippen molar-refractivity contribution < 1.29 is 47.0 Å². The fourth-order valence-electron chi connectivity index (χ4n) is 7.58. The van der Waals surface area contributed by atoms with E-state index < -0.39 is 40.7 Å². The number of carbonyl (C=O) groups is 5. The summed E-state index contributed by atoms with van der Waals surface area (Å²) in [7, 11) is 0. The Labute approximate surface area is 358 Å². The van der Waals surface area contributed by atoms with Crippen LogP contribution in [0.4, 0.5) is 16.7 Å². The number of hydrogen-bond donors (Lipinski definition) is 4. The molecule has 6 heterocycles. The van der Waals surface area contributed by atoms with Gasteiger partial charge in [-0.25, -0.2) is 24.7 Å². The Morgan fingerprint density at radius 1 is 0.683 bits per heavy atom. The zero-order chi connectivity index (χ0) is 45.1. The van der Waals surface area contributed by atoms with Crippen molar-refractivity contribution in [2.75, 3.05) is 36.9 Å². The van der Waals surface area contributed by atoms with Gasteiger partial charge in [0.15, 0.2) is 11.8 Å². The summed E-state index contributed by atoms with van der Waals surface area (Å²) in [6.07, 6.45) is 3.04. The van der Waals surface area contributed by atoms with E-state index in [4.69, 9.17) is 44.5 Å². The van der Waals surface area contributed by atoms with Crippen LogP contribution in [0.2, 0.25) is 0 Å². The molecule has 6 N–H and O–H groups in total. The number of amides is 5. The molecule has 0 atom stereocenters. The van der Waals surface area contributed by atoms with E-state index >= 15 is 0 Å². The van der Waals surface area contributed by atoms with Crippen molar-refractivity contribution in [2.45, 2.75) is 67.2 Å². The highest BCUT2D eigenvalue weighted by molar-refractivity contribution is 6.05. The minimum absolute atomic E-state index is 0.0108. The maximum atomic E-state index is 13.6. The maximum Gasteiger partial charge on any atom is 0.410 e. The molecule has 0 bridgehead atoms. The number of carbonyl (C=O) groups excluding carboxylic acids is 5. The fraction of sp³-hybridized carbons (Fsp3) is 0.357. The number of nitrogens with zero attached hydrogens (tertiary/aromatic N) is 7. The summed E-state index contributed by atoms with van der Waals surface area (Å²) in [5.41, 5.74) is 12.2. The first kappa shape index (κ1) is 42.0. The SMILES string of the molecule is Cc1nc(C)c(C(=O)Nc2nc3cc(C(N)=O)cc4c3n2C/C=C\Cn2c(NC(=O)c3oc(C)nc3C)nc3cc(C(N)=O)cc(c32)OCC2(CO4)CN(C(=O)OC(C)(C)C)C2)o1. The smallest absolute Gasteiger partial charge is 0.410 e. The Balaban J connectivity index is 1.27. The maximum absolute atomic E-state index is 13.6. The minimum atomic E-state index is -0.910. The van der Waals surface area contributed by atoms with Gasteiger partial charge in [0.2, 0.25) is 35.2 Å². The Kier molecular flexibility index (Phi) is 10.4. The van der Waals surface area contributed by atoms with Gasteiger partial charge in [-0.05, 0) is 58.9 Å². The number of primary amides is 2. The van der Waals surface area contributed by atoms with Crippen LogP contribution in [0.1, 0.15) is 85.8 Å². The number of likely N-dealkylation sites (tertiary alicyclic amines) is 1. The number of imidazole rings is 2. The Hall–Kier alpha value is -7.71. The van der Waals surface area contributed by atoms with Crippen molar-refractivity contribution >= 4 is 63.7 Å². The van der Waals surface area contributed by atoms with Gasteiger partial charge < -0.3 is 48.5 Å². The molecule has 4 aromatic heterocycles. The van der Waals surface area contributed by atoms with Crippen LogP contribution in [0.15, 0.2) is 45.3 Å². The molecule has 0 saturated carbocycles. The van der Waals surface area contributed by atoms with E-state index in [1.807, 2.05) is 0 Å². The third-order valence-electron chi connectivity index (χ3n) is 10.4. The first-order valence-corrected chi connectivity index (χ1v) is 19.9. The van der Waals surface area contributed by atoms with Crippen LogP contribution in [0.3, 0.4) is 0 Å². The lowest BCUT2D eigenvalue weighted by Gasteiger charge is -2.49. The van der Waals surface area contributed by atoms with Gasteiger partial charge in [0.1, 0.15) is 41.3 Å². The Bertz CT molecular complexity index is 2730. The first-order chi connectivity index (χ1) is 29.8. The number of nitrogens with one attached hydrogen (secondary N) is 2. The predicted octanol–water partition coefficient (Wildman–Crippen LogP) is 4.56. The summed E-state index contributed by atoms with van der Waals surface area (Å²) in [6.45, 7) is 12.1. The molecule has 0 aliphatic carbocycles. The van der Waals surface area contributed by atoms with Gasteiger partial charge in [-0.2, -0.15) is 0 Å². The monoisotopic (exact) mass is 863 g/mol. The van der Waals surface area contributed by atoms with Crippen molar-refractivity contribution in [3.63, 3.8) is 0 Å². The Morgan fingerprint density at radius 2 is 1.11 bits per heavy atom. The molecule has 5 amide bonds. The molecule has 0 unspecified atom stereocenters. The molecule has 328 valence electrons. The van der Waals surface area contributed by atoms with E-state index in [0.717, 1.165) is 0 Å². The predicted molar refractivity (Wildman–Crippen MR) is 225 cm³/mol. The molecule has 21 nitrogen and oxygen atoms in total. The molecule has 63 heavy (non-hydrogen) atoms. The van der Waals surface area contributed by atoms with Crippen LogP contribution in [-0.2, 0) is 17.8 Å². The number of ether oxygens (including phenoxy) is 3. The molecular formula is C42H45N11O10. The number of allylic oxidation sites excluding steroid dienone is 2. The molecule has 2 aliphatic heterocycles. The summed E-state index contributed by atoms with van der Waals surface area (Å²) in [6, 6.07) is 5.96. The third-order valence-corrected chi connectivity index (χ3v) is 10.4. The van der Waals surface area contributed by atoms with Crippen molar-refractivity contribution in [1.82, 2.24) is 34.0 Å². The van der Waals surface area contributed by atoms with Crippen molar-refractivity contribution in [3.05, 3.63) is 82.2 Å². The second-order valence-electron chi connectivity index (χ2n) is 16.6. The van der Waals surface area contributed by atoms with Gasteiger partial charge in [0, 0.05) is 51.2 Å². The topological polar surface area (TPSA) is 280 Å². The third kappa shape index (κ3) is 8.23. The standard InChI is InChI=1S/C42H45N11O10/c1-20-32(61-22(3)45-20)36(56)49-38-47-26-12-24(34(43)54)14-28-30(26)52(38)10-8-9-11-53-31-27(48-39(53)50-37(57)33-21(2)46-23(4)62-33)13-25(35(44)55)15-29(31)60-19-42(18-59-28)16-51(17-42)40(58)63-41(5,6)7/h8-9,12-15H,10-11,16-19H2,1-7H3,(H2,43,54)(H2,44,55)(H,47,49,56)(H,48,50,57)/b9-8-. The average molecular weight is 864 g/mol.